The van der Waals surface area contributed by atoms with Gasteiger partial charge >= 0.3 is 0 Å². The summed E-state index contributed by atoms with van der Waals surface area (Å²) in [6.07, 6.45) is 17.7. The van der Waals surface area contributed by atoms with Crippen LogP contribution in [0.2, 0.25) is 0 Å². The Hall–Kier alpha value is -1.31. The number of unbranched alkanes of at least 4 members (excludes halogenated alkanes) is 12. The van der Waals surface area contributed by atoms with E-state index in [1.165, 1.54) is 89.2 Å². The molecule has 0 fully saturated rings. The summed E-state index contributed by atoms with van der Waals surface area (Å²) in [6, 6.07) is 6.49. The van der Waals surface area contributed by atoms with Crippen LogP contribution in [-0.4, -0.2) is 160 Å². The van der Waals surface area contributed by atoms with Gasteiger partial charge in [-0.25, -0.2) is 0 Å². The van der Waals surface area contributed by atoms with Gasteiger partial charge in [-0.15, -0.1) is 0 Å². The van der Waals surface area contributed by atoms with Crippen molar-refractivity contribution >= 4 is 10.1 Å². The van der Waals surface area contributed by atoms with E-state index in [0.717, 1.165) is 18.6 Å². The molecule has 1 aromatic rings. The molecule has 0 aromatic heterocycles. The van der Waals surface area contributed by atoms with Crippen LogP contribution >= 0.6 is 0 Å². The Morgan fingerprint density at radius 3 is 0.847 bits per heavy atom. The highest BCUT2D eigenvalue weighted by Gasteiger charge is 2.14. The molecule has 0 aliphatic rings. The van der Waals surface area contributed by atoms with Crippen LogP contribution < -0.4 is 0 Å². The third-order valence-corrected chi connectivity index (χ3v) is 10.2. The zero-order valence-electron chi connectivity index (χ0n) is 36.9. The lowest BCUT2D eigenvalue weighted by Gasteiger charge is -2.09. The zero-order valence-corrected chi connectivity index (χ0v) is 37.7. The maximum absolute atomic E-state index is 12.1. The van der Waals surface area contributed by atoms with Crippen LogP contribution in [0.3, 0.4) is 0 Å². The van der Waals surface area contributed by atoms with Crippen molar-refractivity contribution in [3.8, 4) is 0 Å². The second-order valence-electron chi connectivity index (χ2n) is 14.1. The van der Waals surface area contributed by atoms with Crippen LogP contribution in [0.15, 0.2) is 29.2 Å². The van der Waals surface area contributed by atoms with E-state index in [-0.39, 0.29) is 18.1 Å². The van der Waals surface area contributed by atoms with Gasteiger partial charge in [-0.3, -0.25) is 4.18 Å². The van der Waals surface area contributed by atoms with Crippen molar-refractivity contribution in [2.45, 2.75) is 102 Å². The van der Waals surface area contributed by atoms with Crippen molar-refractivity contribution in [2.75, 3.05) is 152 Å². The molecule has 0 amide bonds. The lowest BCUT2D eigenvalue weighted by Crippen LogP contribution is -2.16. The minimum absolute atomic E-state index is 0.0585. The molecule has 0 N–H and O–H groups in total. The number of rotatable bonds is 49. The van der Waals surface area contributed by atoms with Crippen LogP contribution in [-0.2, 0) is 66.4 Å². The van der Waals surface area contributed by atoms with Crippen LogP contribution in [0, 0.1) is 6.92 Å². The van der Waals surface area contributed by atoms with Gasteiger partial charge in [0.2, 0.25) is 0 Å². The molecule has 59 heavy (non-hydrogen) atoms. The number of hydrogen-bond donors (Lipinski definition) is 0. The van der Waals surface area contributed by atoms with E-state index in [4.69, 9.17) is 56.3 Å². The summed E-state index contributed by atoms with van der Waals surface area (Å²) >= 11 is 0. The lowest BCUT2D eigenvalue weighted by molar-refractivity contribution is -0.0277. The van der Waals surface area contributed by atoms with E-state index in [1.807, 2.05) is 6.92 Å². The molecule has 348 valence electrons. The average Bonchev–Trinajstić information content (AvgIpc) is 3.23. The highest BCUT2D eigenvalue weighted by Crippen LogP contribution is 2.14. The van der Waals surface area contributed by atoms with E-state index < -0.39 is 10.1 Å². The fraction of sp³-hybridized carbons (Fsp3) is 0.864. The fourth-order valence-electron chi connectivity index (χ4n) is 5.50. The topological polar surface area (TPSA) is 145 Å². The summed E-state index contributed by atoms with van der Waals surface area (Å²) < 4.78 is 89.8. The highest BCUT2D eigenvalue weighted by molar-refractivity contribution is 7.86. The van der Waals surface area contributed by atoms with Gasteiger partial charge in [0.1, 0.15) is 0 Å². The molecule has 0 atom stereocenters. The van der Waals surface area contributed by atoms with E-state index in [0.29, 0.717) is 132 Å². The summed E-state index contributed by atoms with van der Waals surface area (Å²) in [5.41, 5.74) is 0.976. The summed E-state index contributed by atoms with van der Waals surface area (Å²) in [6.45, 7) is 14.9. The Bertz CT molecular complexity index is 1080. The molecule has 0 unspecified atom stereocenters. The first-order valence-electron chi connectivity index (χ1n) is 22.4. The number of ether oxygens (including phenoxy) is 11. The Balaban J connectivity index is 1.63. The van der Waals surface area contributed by atoms with Crippen LogP contribution in [0.1, 0.15) is 96.0 Å². The molecule has 0 radical (unpaired) electrons. The molecule has 0 saturated carbocycles. The first-order valence-corrected chi connectivity index (χ1v) is 23.8. The van der Waals surface area contributed by atoms with Gasteiger partial charge < -0.3 is 52.1 Å². The maximum atomic E-state index is 12.1. The van der Waals surface area contributed by atoms with Gasteiger partial charge in [0.25, 0.3) is 10.1 Å². The van der Waals surface area contributed by atoms with Crippen molar-refractivity contribution in [3.05, 3.63) is 29.8 Å². The van der Waals surface area contributed by atoms with Crippen molar-refractivity contribution in [1.82, 2.24) is 0 Å². The maximum Gasteiger partial charge on any atom is 0.297 e. The zero-order chi connectivity index (χ0) is 42.4. The normalized spacial score (nSPS) is 11.9. The summed E-state index contributed by atoms with van der Waals surface area (Å²) in [4.78, 5) is 0.130. The van der Waals surface area contributed by atoms with Gasteiger partial charge in [0.05, 0.1) is 150 Å². The Labute approximate surface area is 357 Å². The van der Waals surface area contributed by atoms with E-state index in [9.17, 15) is 8.42 Å². The molecule has 15 heteroatoms. The summed E-state index contributed by atoms with van der Waals surface area (Å²) in [7, 11) is -3.78. The second kappa shape index (κ2) is 44.7. The minimum atomic E-state index is -3.78. The third-order valence-electron chi connectivity index (χ3n) is 8.89. The molecule has 0 heterocycles. The Kier molecular flexibility index (Phi) is 42.2. The van der Waals surface area contributed by atoms with Gasteiger partial charge in [0.15, 0.2) is 0 Å². The molecular formula is C44H82O14S. The first-order chi connectivity index (χ1) is 29.1. The van der Waals surface area contributed by atoms with Crippen LogP contribution in [0.4, 0.5) is 0 Å². The minimum Gasteiger partial charge on any atom is -0.379 e. The molecule has 1 aromatic carbocycles. The molecule has 0 spiro atoms. The lowest BCUT2D eigenvalue weighted by atomic mass is 10.0. The smallest absolute Gasteiger partial charge is 0.297 e. The fourth-order valence-corrected chi connectivity index (χ4v) is 6.39. The molecule has 0 saturated heterocycles. The largest absolute Gasteiger partial charge is 0.379 e. The van der Waals surface area contributed by atoms with Crippen LogP contribution in [0.25, 0.3) is 0 Å². The van der Waals surface area contributed by atoms with E-state index >= 15 is 0 Å². The van der Waals surface area contributed by atoms with Crippen molar-refractivity contribution in [2.24, 2.45) is 0 Å². The van der Waals surface area contributed by atoms with Crippen LogP contribution in [0.5, 0.6) is 0 Å². The van der Waals surface area contributed by atoms with Gasteiger partial charge in [-0.05, 0) is 25.5 Å². The average molecular weight is 867 g/mol. The van der Waals surface area contributed by atoms with Crippen molar-refractivity contribution in [1.29, 1.82) is 0 Å². The van der Waals surface area contributed by atoms with Crippen molar-refractivity contribution in [3.63, 3.8) is 0 Å². The molecule has 0 bridgehead atoms. The van der Waals surface area contributed by atoms with Gasteiger partial charge in [-0.2, -0.15) is 8.42 Å². The molecule has 1 rings (SSSR count). The SMILES string of the molecule is CCCCCCCCCCCCCCCOCCOCCOCCOCCOCCOCCOCCOCCOCCOCCOCCOS(=O)(=O)c1ccc(C)cc1. The first kappa shape index (κ1) is 55.7. The predicted molar refractivity (Wildman–Crippen MR) is 229 cm³/mol. The molecule has 14 nitrogen and oxygen atoms in total. The van der Waals surface area contributed by atoms with E-state index in [1.54, 1.807) is 12.1 Å². The standard InChI is InChI=1S/C44H82O14S/c1-3-4-5-6-7-8-9-10-11-12-13-14-15-20-47-21-22-48-23-24-49-25-26-50-27-28-51-29-30-52-31-32-53-33-34-54-35-36-55-37-38-56-39-40-57-41-42-58-59(45,46)44-18-16-43(2)17-19-44/h16-19H,3-15,20-42H2,1-2H3. The van der Waals surface area contributed by atoms with Gasteiger partial charge in [-0.1, -0.05) is 102 Å². The predicted octanol–water partition coefficient (Wildman–Crippen LogP) is 6.97. The van der Waals surface area contributed by atoms with Crippen molar-refractivity contribution < 1.29 is 64.7 Å². The third kappa shape index (κ3) is 40.5. The number of hydrogen-bond acceptors (Lipinski definition) is 14. The molecule has 0 aliphatic heterocycles. The van der Waals surface area contributed by atoms with Gasteiger partial charge in [0, 0.05) is 6.61 Å². The van der Waals surface area contributed by atoms with E-state index in [2.05, 4.69) is 6.92 Å². The highest BCUT2D eigenvalue weighted by atomic mass is 32.2. The Morgan fingerprint density at radius 2 is 0.559 bits per heavy atom. The second-order valence-corrected chi connectivity index (χ2v) is 15.7. The Morgan fingerprint density at radius 1 is 0.322 bits per heavy atom. The number of benzene rings is 1. The number of aryl methyl sites for hydroxylation is 1. The summed E-state index contributed by atoms with van der Waals surface area (Å²) in [5.74, 6) is 0. The monoisotopic (exact) mass is 867 g/mol. The molecule has 0 aliphatic carbocycles. The molecular weight excluding hydrogens is 785 g/mol. The quantitative estimate of drug-likeness (QED) is 0.0491. The summed E-state index contributed by atoms with van der Waals surface area (Å²) in [5, 5.41) is 0.